The van der Waals surface area contributed by atoms with Crippen LogP contribution in [-0.2, 0) is 0 Å². The Hall–Kier alpha value is -3.00. The van der Waals surface area contributed by atoms with Crippen LogP contribution in [0.25, 0.3) is 0 Å². The fourth-order valence-electron chi connectivity index (χ4n) is 2.32. The van der Waals surface area contributed by atoms with Crippen molar-refractivity contribution in [1.29, 1.82) is 0 Å². The number of hydrogen-bond donors (Lipinski definition) is 2. The molecule has 142 valence electrons. The zero-order chi connectivity index (χ0) is 19.8. The fraction of sp³-hybridized carbons (Fsp3) is 0.263. The Morgan fingerprint density at radius 3 is 2.56 bits per heavy atom. The number of carbonyl (C=O) groups excluding carboxylic acids is 1. The first-order valence-corrected chi connectivity index (χ1v) is 8.92. The van der Waals surface area contributed by atoms with E-state index in [1.807, 2.05) is 0 Å². The van der Waals surface area contributed by atoms with Crippen LogP contribution in [0.15, 0.2) is 42.5 Å². The third kappa shape index (κ3) is 5.75. The predicted octanol–water partition coefficient (Wildman–Crippen LogP) is 4.21. The molecule has 0 saturated carbocycles. The van der Waals surface area contributed by atoms with Crippen LogP contribution >= 0.6 is 12.2 Å². The molecule has 0 bridgehead atoms. The van der Waals surface area contributed by atoms with Crippen LogP contribution in [0.3, 0.4) is 0 Å². The average Bonchev–Trinajstić information content (AvgIpc) is 2.64. The number of nitro benzene ring substituents is 1. The Labute approximate surface area is 162 Å². The van der Waals surface area contributed by atoms with Gasteiger partial charge >= 0.3 is 0 Å². The molecule has 0 unspecified atom stereocenters. The van der Waals surface area contributed by atoms with Crippen LogP contribution in [0.2, 0.25) is 0 Å². The second-order valence-corrected chi connectivity index (χ2v) is 6.25. The molecule has 2 N–H and O–H groups in total. The standard InChI is InChI=1S/C19H21N3O4S/c1-3-4-12-26-15-10-8-14(9-11-15)18(23)21-19(27)20-16-6-5-7-17(13(16)2)22(24)25/h5-11H,3-4,12H2,1-2H3,(H2,20,21,23,27). The molecule has 1 amide bonds. The monoisotopic (exact) mass is 387 g/mol. The first kappa shape index (κ1) is 20.3. The topological polar surface area (TPSA) is 93.5 Å². The van der Waals surface area contributed by atoms with E-state index in [0.29, 0.717) is 29.2 Å². The quantitative estimate of drug-likeness (QED) is 0.320. The normalized spacial score (nSPS) is 10.1. The first-order chi connectivity index (χ1) is 12.9. The molecule has 0 atom stereocenters. The second kappa shape index (κ2) is 9.63. The summed E-state index contributed by atoms with van der Waals surface area (Å²) in [6.07, 6.45) is 2.02. The number of hydrogen-bond acceptors (Lipinski definition) is 5. The van der Waals surface area contributed by atoms with E-state index in [0.717, 1.165) is 12.8 Å². The summed E-state index contributed by atoms with van der Waals surface area (Å²) in [5, 5.41) is 16.4. The zero-order valence-corrected chi connectivity index (χ0v) is 16.0. The van der Waals surface area contributed by atoms with Gasteiger partial charge in [0.15, 0.2) is 5.11 Å². The van der Waals surface area contributed by atoms with Gasteiger partial charge in [-0.25, -0.2) is 0 Å². The number of nitrogens with one attached hydrogen (secondary N) is 2. The highest BCUT2D eigenvalue weighted by Gasteiger charge is 2.15. The van der Waals surface area contributed by atoms with Crippen molar-refractivity contribution in [3.63, 3.8) is 0 Å². The number of thiocarbonyl (C=S) groups is 1. The van der Waals surface area contributed by atoms with Crippen LogP contribution in [-0.4, -0.2) is 22.5 Å². The van der Waals surface area contributed by atoms with Crippen molar-refractivity contribution in [3.8, 4) is 5.75 Å². The highest BCUT2D eigenvalue weighted by molar-refractivity contribution is 7.80. The molecule has 0 heterocycles. The molecular formula is C19H21N3O4S. The van der Waals surface area contributed by atoms with Gasteiger partial charge < -0.3 is 10.1 Å². The van der Waals surface area contributed by atoms with Gasteiger partial charge in [0.25, 0.3) is 11.6 Å². The first-order valence-electron chi connectivity index (χ1n) is 8.51. The third-order valence-corrected chi connectivity index (χ3v) is 4.06. The summed E-state index contributed by atoms with van der Waals surface area (Å²) >= 11 is 5.14. The smallest absolute Gasteiger partial charge is 0.274 e. The number of carbonyl (C=O) groups is 1. The van der Waals surface area contributed by atoms with Gasteiger partial charge in [0, 0.05) is 11.6 Å². The summed E-state index contributed by atoms with van der Waals surface area (Å²) in [5.74, 6) is 0.323. The van der Waals surface area contributed by atoms with Crippen LogP contribution in [0, 0.1) is 17.0 Å². The number of benzene rings is 2. The van der Waals surface area contributed by atoms with E-state index in [4.69, 9.17) is 17.0 Å². The lowest BCUT2D eigenvalue weighted by Crippen LogP contribution is -2.34. The van der Waals surface area contributed by atoms with Gasteiger partial charge in [-0.1, -0.05) is 19.4 Å². The van der Waals surface area contributed by atoms with Crippen molar-refractivity contribution in [2.45, 2.75) is 26.7 Å². The summed E-state index contributed by atoms with van der Waals surface area (Å²) in [4.78, 5) is 22.8. The van der Waals surface area contributed by atoms with Crippen LogP contribution < -0.4 is 15.4 Å². The number of nitro groups is 1. The lowest BCUT2D eigenvalue weighted by Gasteiger charge is -2.12. The van der Waals surface area contributed by atoms with Crippen molar-refractivity contribution in [3.05, 3.63) is 63.7 Å². The number of rotatable bonds is 7. The van der Waals surface area contributed by atoms with Crippen molar-refractivity contribution in [2.75, 3.05) is 11.9 Å². The maximum atomic E-state index is 12.3. The predicted molar refractivity (Wildman–Crippen MR) is 108 cm³/mol. The van der Waals surface area contributed by atoms with E-state index in [1.54, 1.807) is 43.3 Å². The largest absolute Gasteiger partial charge is 0.494 e. The van der Waals surface area contributed by atoms with E-state index < -0.39 is 4.92 Å². The molecule has 0 saturated heterocycles. The molecule has 0 aliphatic carbocycles. The number of unbranched alkanes of at least 4 members (excludes halogenated alkanes) is 1. The van der Waals surface area contributed by atoms with E-state index in [-0.39, 0.29) is 16.7 Å². The summed E-state index contributed by atoms with van der Waals surface area (Å²) in [6, 6.07) is 11.4. The molecule has 2 rings (SSSR count). The Kier molecular flexibility index (Phi) is 7.25. The van der Waals surface area contributed by atoms with Crippen molar-refractivity contribution in [2.24, 2.45) is 0 Å². The van der Waals surface area contributed by atoms with E-state index in [9.17, 15) is 14.9 Å². The molecule has 2 aromatic carbocycles. The second-order valence-electron chi connectivity index (χ2n) is 5.84. The number of anilines is 1. The molecule has 8 heteroatoms. The highest BCUT2D eigenvalue weighted by Crippen LogP contribution is 2.24. The highest BCUT2D eigenvalue weighted by atomic mass is 32.1. The minimum absolute atomic E-state index is 0.0206. The average molecular weight is 387 g/mol. The lowest BCUT2D eigenvalue weighted by atomic mass is 10.1. The van der Waals surface area contributed by atoms with E-state index >= 15 is 0 Å². The number of nitrogens with zero attached hydrogens (tertiary/aromatic N) is 1. The number of ether oxygens (including phenoxy) is 1. The van der Waals surface area contributed by atoms with Gasteiger partial charge in [-0.15, -0.1) is 0 Å². The van der Waals surface area contributed by atoms with Crippen molar-refractivity contribution < 1.29 is 14.5 Å². The minimum atomic E-state index is -0.466. The van der Waals surface area contributed by atoms with Gasteiger partial charge in [0.2, 0.25) is 0 Å². The Morgan fingerprint density at radius 2 is 1.93 bits per heavy atom. The SMILES string of the molecule is CCCCOc1ccc(C(=O)NC(=S)Nc2cccc([N+](=O)[O-])c2C)cc1. The molecule has 7 nitrogen and oxygen atoms in total. The van der Waals surface area contributed by atoms with Crippen molar-refractivity contribution in [1.82, 2.24) is 5.32 Å². The van der Waals surface area contributed by atoms with Crippen LogP contribution in [0.5, 0.6) is 5.75 Å². The Balaban J connectivity index is 1.97. The van der Waals surface area contributed by atoms with Gasteiger partial charge in [0.1, 0.15) is 5.75 Å². The molecule has 27 heavy (non-hydrogen) atoms. The molecule has 0 spiro atoms. The molecule has 2 aromatic rings. The van der Waals surface area contributed by atoms with Crippen LogP contribution in [0.4, 0.5) is 11.4 Å². The van der Waals surface area contributed by atoms with Gasteiger partial charge in [0.05, 0.1) is 22.8 Å². The maximum Gasteiger partial charge on any atom is 0.274 e. The molecule has 0 radical (unpaired) electrons. The fourth-order valence-corrected chi connectivity index (χ4v) is 2.53. The third-order valence-electron chi connectivity index (χ3n) is 3.86. The zero-order valence-electron chi connectivity index (χ0n) is 15.2. The summed E-state index contributed by atoms with van der Waals surface area (Å²) < 4.78 is 5.56. The molecule has 0 aliphatic rings. The Morgan fingerprint density at radius 1 is 1.22 bits per heavy atom. The van der Waals surface area contributed by atoms with Gasteiger partial charge in [-0.05, 0) is 55.9 Å². The summed E-state index contributed by atoms with van der Waals surface area (Å²) in [7, 11) is 0. The van der Waals surface area contributed by atoms with Gasteiger partial charge in [-0.3, -0.25) is 20.2 Å². The lowest BCUT2D eigenvalue weighted by molar-refractivity contribution is -0.385. The Bertz CT molecular complexity index is 837. The van der Waals surface area contributed by atoms with E-state index in [1.165, 1.54) is 6.07 Å². The summed E-state index contributed by atoms with van der Waals surface area (Å²) in [5.41, 5.74) is 1.31. The van der Waals surface area contributed by atoms with Crippen LogP contribution in [0.1, 0.15) is 35.7 Å². The van der Waals surface area contributed by atoms with Gasteiger partial charge in [-0.2, -0.15) is 0 Å². The van der Waals surface area contributed by atoms with E-state index in [2.05, 4.69) is 17.6 Å². The molecular weight excluding hydrogens is 366 g/mol. The molecule has 0 aliphatic heterocycles. The molecule has 0 aromatic heterocycles. The maximum absolute atomic E-state index is 12.3. The minimum Gasteiger partial charge on any atom is -0.494 e. The summed E-state index contributed by atoms with van der Waals surface area (Å²) in [6.45, 7) is 4.34. The number of amides is 1. The molecule has 0 fully saturated rings. The van der Waals surface area contributed by atoms with Crippen molar-refractivity contribution >= 4 is 34.6 Å².